The maximum absolute atomic E-state index is 5.99. The second-order valence-corrected chi connectivity index (χ2v) is 7.80. The van der Waals surface area contributed by atoms with Gasteiger partial charge in [0.1, 0.15) is 5.75 Å². The lowest BCUT2D eigenvalue weighted by Gasteiger charge is -2.18. The van der Waals surface area contributed by atoms with E-state index >= 15 is 0 Å². The van der Waals surface area contributed by atoms with E-state index in [0.29, 0.717) is 25.2 Å². The summed E-state index contributed by atoms with van der Waals surface area (Å²) in [5.74, 6) is 1.78. The fraction of sp³-hybridized carbons (Fsp3) is 0.696. The molecule has 0 heterocycles. The monoisotopic (exact) mass is 533 g/mol. The molecule has 1 aliphatic rings. The van der Waals surface area contributed by atoms with Crippen LogP contribution in [-0.4, -0.2) is 52.6 Å². The fourth-order valence-electron chi connectivity index (χ4n) is 3.21. The molecule has 6 nitrogen and oxygen atoms in total. The number of halogens is 1. The van der Waals surface area contributed by atoms with Gasteiger partial charge in [-0.3, -0.25) is 0 Å². The summed E-state index contributed by atoms with van der Waals surface area (Å²) >= 11 is 0. The maximum atomic E-state index is 5.99. The van der Waals surface area contributed by atoms with Gasteiger partial charge in [0.15, 0.2) is 5.96 Å². The minimum Gasteiger partial charge on any atom is -0.493 e. The molecule has 1 aliphatic carbocycles. The molecule has 7 heteroatoms. The first-order valence-electron chi connectivity index (χ1n) is 10.9. The van der Waals surface area contributed by atoms with E-state index in [-0.39, 0.29) is 24.0 Å². The van der Waals surface area contributed by atoms with Crippen LogP contribution in [-0.2, 0) is 16.0 Å². The highest BCUT2D eigenvalue weighted by Crippen LogP contribution is 2.48. The number of aryl methyl sites for hydroxylation is 1. The lowest BCUT2D eigenvalue weighted by molar-refractivity contribution is 0.128. The van der Waals surface area contributed by atoms with Crippen LogP contribution in [0.4, 0.5) is 0 Å². The number of hydrogen-bond donors (Lipinski definition) is 2. The van der Waals surface area contributed by atoms with E-state index in [9.17, 15) is 0 Å². The number of rotatable bonds is 14. The Bertz CT molecular complexity index is 636. The van der Waals surface area contributed by atoms with Crippen LogP contribution in [0, 0.1) is 12.3 Å². The molecule has 1 fully saturated rings. The van der Waals surface area contributed by atoms with Crippen LogP contribution < -0.4 is 15.4 Å². The van der Waals surface area contributed by atoms with Crippen molar-refractivity contribution in [2.24, 2.45) is 10.4 Å². The first-order valence-corrected chi connectivity index (χ1v) is 10.9. The predicted octanol–water partition coefficient (Wildman–Crippen LogP) is 4.29. The SMILES string of the molecule is CCNC(=NCc1ccc(C)cc1OCCCOC)NCC1(CCOCC)CC1.I. The molecular formula is C23H40IN3O3. The van der Waals surface area contributed by atoms with Crippen molar-refractivity contribution in [3.05, 3.63) is 29.3 Å². The Hall–Kier alpha value is -1.06. The van der Waals surface area contributed by atoms with Crippen LogP contribution in [0.2, 0.25) is 0 Å². The van der Waals surface area contributed by atoms with Gasteiger partial charge in [0.2, 0.25) is 0 Å². The van der Waals surface area contributed by atoms with Crippen molar-refractivity contribution < 1.29 is 14.2 Å². The number of nitrogens with one attached hydrogen (secondary N) is 2. The van der Waals surface area contributed by atoms with Gasteiger partial charge in [-0.05, 0) is 57.1 Å². The Labute approximate surface area is 199 Å². The van der Waals surface area contributed by atoms with Crippen LogP contribution in [0.1, 0.15) is 50.7 Å². The van der Waals surface area contributed by atoms with Crippen LogP contribution in [0.5, 0.6) is 5.75 Å². The van der Waals surface area contributed by atoms with Crippen molar-refractivity contribution >= 4 is 29.9 Å². The summed E-state index contributed by atoms with van der Waals surface area (Å²) in [6.07, 6.45) is 4.53. The minimum atomic E-state index is 0. The highest BCUT2D eigenvalue weighted by Gasteiger charge is 2.41. The molecule has 0 radical (unpaired) electrons. The van der Waals surface area contributed by atoms with Gasteiger partial charge in [0.25, 0.3) is 0 Å². The predicted molar refractivity (Wildman–Crippen MR) is 134 cm³/mol. The van der Waals surface area contributed by atoms with Gasteiger partial charge >= 0.3 is 0 Å². The van der Waals surface area contributed by atoms with Crippen molar-refractivity contribution in [3.8, 4) is 5.75 Å². The summed E-state index contributed by atoms with van der Waals surface area (Å²) < 4.78 is 16.6. The third-order valence-electron chi connectivity index (χ3n) is 5.29. The van der Waals surface area contributed by atoms with Crippen LogP contribution in [0.25, 0.3) is 0 Å². The van der Waals surface area contributed by atoms with E-state index in [4.69, 9.17) is 19.2 Å². The number of aliphatic imine (C=N–C) groups is 1. The van der Waals surface area contributed by atoms with Gasteiger partial charge in [-0.15, -0.1) is 24.0 Å². The number of methoxy groups -OCH3 is 1. The first kappa shape index (κ1) is 27.0. The van der Waals surface area contributed by atoms with Gasteiger partial charge in [-0.1, -0.05) is 12.1 Å². The summed E-state index contributed by atoms with van der Waals surface area (Å²) in [5, 5.41) is 6.90. The van der Waals surface area contributed by atoms with E-state index in [1.807, 2.05) is 6.92 Å². The van der Waals surface area contributed by atoms with Crippen molar-refractivity contribution in [3.63, 3.8) is 0 Å². The number of ether oxygens (including phenoxy) is 3. The Balaban J connectivity index is 0.00000450. The molecule has 0 atom stereocenters. The summed E-state index contributed by atoms with van der Waals surface area (Å²) in [6.45, 7) is 11.6. The molecule has 1 saturated carbocycles. The molecule has 0 aliphatic heterocycles. The second kappa shape index (κ2) is 14.9. The zero-order valence-electron chi connectivity index (χ0n) is 19.1. The molecule has 0 amide bonds. The summed E-state index contributed by atoms with van der Waals surface area (Å²) in [4.78, 5) is 4.80. The summed E-state index contributed by atoms with van der Waals surface area (Å²) in [5.41, 5.74) is 2.67. The van der Waals surface area contributed by atoms with Crippen molar-refractivity contribution in [2.75, 3.05) is 46.6 Å². The normalized spacial score (nSPS) is 14.7. The van der Waals surface area contributed by atoms with Crippen molar-refractivity contribution in [1.29, 1.82) is 0 Å². The standard InChI is InChI=1S/C23H39N3O3.HI/c1-5-24-22(26-18-23(10-11-23)12-15-28-6-2)25-17-20-9-8-19(3)16-21(20)29-14-7-13-27-4;/h8-9,16H,5-7,10-15,17-18H2,1-4H3,(H2,24,25,26);1H. The van der Waals surface area contributed by atoms with E-state index < -0.39 is 0 Å². The average molecular weight is 533 g/mol. The molecule has 0 unspecified atom stereocenters. The average Bonchev–Trinajstić information content (AvgIpc) is 3.49. The fourth-order valence-corrected chi connectivity index (χ4v) is 3.21. The quantitative estimate of drug-likeness (QED) is 0.162. The van der Waals surface area contributed by atoms with E-state index in [1.165, 1.54) is 18.4 Å². The number of benzene rings is 1. The number of guanidine groups is 1. The molecule has 2 N–H and O–H groups in total. The Morgan fingerprint density at radius 1 is 1.13 bits per heavy atom. The molecule has 172 valence electrons. The first-order chi connectivity index (χ1) is 14.1. The highest BCUT2D eigenvalue weighted by atomic mass is 127. The molecule has 0 aromatic heterocycles. The summed E-state index contributed by atoms with van der Waals surface area (Å²) in [7, 11) is 1.71. The Morgan fingerprint density at radius 2 is 1.93 bits per heavy atom. The molecule has 0 spiro atoms. The number of nitrogens with zero attached hydrogens (tertiary/aromatic N) is 1. The number of hydrogen-bond acceptors (Lipinski definition) is 4. The highest BCUT2D eigenvalue weighted by molar-refractivity contribution is 14.0. The largest absolute Gasteiger partial charge is 0.493 e. The third-order valence-corrected chi connectivity index (χ3v) is 5.29. The van der Waals surface area contributed by atoms with Gasteiger partial charge < -0.3 is 24.8 Å². The van der Waals surface area contributed by atoms with Gasteiger partial charge in [-0.25, -0.2) is 4.99 Å². The summed E-state index contributed by atoms with van der Waals surface area (Å²) in [6, 6.07) is 6.31. The zero-order valence-corrected chi connectivity index (χ0v) is 21.4. The van der Waals surface area contributed by atoms with Gasteiger partial charge in [-0.2, -0.15) is 0 Å². The van der Waals surface area contributed by atoms with Gasteiger partial charge in [0.05, 0.1) is 13.2 Å². The van der Waals surface area contributed by atoms with Crippen LogP contribution in [0.3, 0.4) is 0 Å². The molecule has 2 rings (SSSR count). The lowest BCUT2D eigenvalue weighted by atomic mass is 10.0. The van der Waals surface area contributed by atoms with Crippen molar-refractivity contribution in [2.45, 2.75) is 53.0 Å². The maximum Gasteiger partial charge on any atom is 0.191 e. The third kappa shape index (κ3) is 9.83. The minimum absolute atomic E-state index is 0. The van der Waals surface area contributed by atoms with E-state index in [1.54, 1.807) is 7.11 Å². The molecule has 0 bridgehead atoms. The lowest BCUT2D eigenvalue weighted by Crippen LogP contribution is -2.40. The molecule has 30 heavy (non-hydrogen) atoms. The van der Waals surface area contributed by atoms with E-state index in [0.717, 1.165) is 56.4 Å². The topological polar surface area (TPSA) is 64.1 Å². The van der Waals surface area contributed by atoms with E-state index in [2.05, 4.69) is 42.7 Å². The molecule has 1 aromatic carbocycles. The second-order valence-electron chi connectivity index (χ2n) is 7.80. The van der Waals surface area contributed by atoms with Gasteiger partial charge in [0, 0.05) is 52.0 Å². The Morgan fingerprint density at radius 3 is 2.60 bits per heavy atom. The van der Waals surface area contributed by atoms with Crippen molar-refractivity contribution in [1.82, 2.24) is 10.6 Å². The van der Waals surface area contributed by atoms with Crippen LogP contribution >= 0.6 is 24.0 Å². The van der Waals surface area contributed by atoms with Crippen LogP contribution in [0.15, 0.2) is 23.2 Å². The Kier molecular flexibility index (Phi) is 13.4. The smallest absolute Gasteiger partial charge is 0.191 e. The molecular weight excluding hydrogens is 493 g/mol. The molecule has 0 saturated heterocycles. The zero-order chi connectivity index (χ0) is 21.0. The molecule has 1 aromatic rings.